The number of rotatable bonds is 5. The molecule has 1 aliphatic carbocycles. The lowest BCUT2D eigenvalue weighted by atomic mass is 9.95. The van der Waals surface area contributed by atoms with Crippen LogP contribution in [0.3, 0.4) is 0 Å². The zero-order chi connectivity index (χ0) is 28.9. The van der Waals surface area contributed by atoms with E-state index >= 15 is 0 Å². The third-order valence-corrected chi connectivity index (χ3v) is 8.75. The van der Waals surface area contributed by atoms with Gasteiger partial charge in [0.1, 0.15) is 5.65 Å². The van der Waals surface area contributed by atoms with Crippen LogP contribution in [0, 0.1) is 0 Å². The molecule has 0 saturated heterocycles. The second kappa shape index (κ2) is 10.1. The Morgan fingerprint density at radius 2 is 1.44 bits per heavy atom. The second-order valence-electron chi connectivity index (χ2n) is 11.2. The Labute approximate surface area is 251 Å². The van der Waals surface area contributed by atoms with Crippen molar-refractivity contribution in [1.29, 1.82) is 0 Å². The molecule has 0 amide bonds. The first-order valence-electron chi connectivity index (χ1n) is 14.8. The molecule has 1 aliphatic rings. The van der Waals surface area contributed by atoms with Gasteiger partial charge in [-0.1, -0.05) is 110 Å². The minimum absolute atomic E-state index is 0.971. The molecular formula is C41H30N2. The SMILES string of the molecule is C=C/C=C(\C=C)c1ccc2c(c1)c1cc(-c3ccc(-c4ccc5ccccc5c4)cc3)ccc1n1c3c(nc21)CCC=C3. The Bertz CT molecular complexity index is 2310. The van der Waals surface area contributed by atoms with Gasteiger partial charge in [-0.05, 0) is 98.8 Å². The number of hydrogen-bond acceptors (Lipinski definition) is 1. The molecule has 2 aromatic heterocycles. The van der Waals surface area contributed by atoms with Gasteiger partial charge in [-0.2, -0.15) is 0 Å². The Morgan fingerprint density at radius 3 is 2.23 bits per heavy atom. The van der Waals surface area contributed by atoms with Gasteiger partial charge in [-0.25, -0.2) is 4.98 Å². The highest BCUT2D eigenvalue weighted by Crippen LogP contribution is 2.37. The molecule has 8 rings (SSSR count). The lowest BCUT2D eigenvalue weighted by Gasteiger charge is -2.14. The van der Waals surface area contributed by atoms with E-state index in [4.69, 9.17) is 4.98 Å². The molecule has 0 spiro atoms. The van der Waals surface area contributed by atoms with Crippen LogP contribution in [-0.4, -0.2) is 9.38 Å². The molecule has 0 fully saturated rings. The average molecular weight is 551 g/mol. The van der Waals surface area contributed by atoms with Crippen molar-refractivity contribution in [2.45, 2.75) is 12.8 Å². The van der Waals surface area contributed by atoms with E-state index in [1.165, 1.54) is 60.7 Å². The predicted octanol–water partition coefficient (Wildman–Crippen LogP) is 10.8. The van der Waals surface area contributed by atoms with Gasteiger partial charge in [0.2, 0.25) is 0 Å². The fraction of sp³-hybridized carbons (Fsp3) is 0.0488. The number of hydrogen-bond donors (Lipinski definition) is 0. The molecule has 2 heteroatoms. The molecular weight excluding hydrogens is 520 g/mol. The average Bonchev–Trinajstić information content (AvgIpc) is 3.47. The molecule has 0 N–H and O–H groups in total. The zero-order valence-electron chi connectivity index (χ0n) is 23.9. The fourth-order valence-corrected chi connectivity index (χ4v) is 6.57. The molecule has 0 bridgehead atoms. The van der Waals surface area contributed by atoms with Crippen molar-refractivity contribution in [3.8, 4) is 22.3 Å². The number of imidazole rings is 1. The smallest absolute Gasteiger partial charge is 0.145 e. The van der Waals surface area contributed by atoms with Gasteiger partial charge in [-0.3, -0.25) is 4.40 Å². The monoisotopic (exact) mass is 550 g/mol. The first-order chi connectivity index (χ1) is 21.2. The summed E-state index contributed by atoms with van der Waals surface area (Å²) in [6, 6.07) is 37.7. The summed E-state index contributed by atoms with van der Waals surface area (Å²) < 4.78 is 2.35. The minimum Gasteiger partial charge on any atom is -0.292 e. The van der Waals surface area contributed by atoms with Gasteiger partial charge in [0.05, 0.1) is 16.9 Å². The van der Waals surface area contributed by atoms with Crippen molar-refractivity contribution < 1.29 is 0 Å². The fourth-order valence-electron chi connectivity index (χ4n) is 6.57. The molecule has 5 aromatic carbocycles. The van der Waals surface area contributed by atoms with E-state index in [0.717, 1.165) is 35.0 Å². The predicted molar refractivity (Wildman–Crippen MR) is 184 cm³/mol. The quantitative estimate of drug-likeness (QED) is 0.154. The summed E-state index contributed by atoms with van der Waals surface area (Å²) in [6.07, 6.45) is 12.2. The van der Waals surface area contributed by atoms with Gasteiger partial charge in [-0.15, -0.1) is 0 Å². The molecule has 2 nitrogen and oxygen atoms in total. The molecule has 2 heterocycles. The topological polar surface area (TPSA) is 17.3 Å². The van der Waals surface area contributed by atoms with Crippen molar-refractivity contribution in [3.63, 3.8) is 0 Å². The van der Waals surface area contributed by atoms with E-state index in [1.807, 2.05) is 18.2 Å². The maximum Gasteiger partial charge on any atom is 0.145 e. The number of allylic oxidation sites excluding steroid dienone is 5. The summed E-state index contributed by atoms with van der Waals surface area (Å²) in [6.45, 7) is 7.95. The normalized spacial score (nSPS) is 13.2. The maximum atomic E-state index is 5.16. The summed E-state index contributed by atoms with van der Waals surface area (Å²) >= 11 is 0. The van der Waals surface area contributed by atoms with Crippen LogP contribution >= 0.6 is 0 Å². The lowest BCUT2D eigenvalue weighted by molar-refractivity contribution is 0.943. The molecule has 0 aliphatic heterocycles. The van der Waals surface area contributed by atoms with Crippen LogP contribution in [0.1, 0.15) is 23.4 Å². The van der Waals surface area contributed by atoms with E-state index in [0.29, 0.717) is 0 Å². The zero-order valence-corrected chi connectivity index (χ0v) is 23.9. The molecule has 204 valence electrons. The van der Waals surface area contributed by atoms with Gasteiger partial charge in [0, 0.05) is 10.8 Å². The van der Waals surface area contributed by atoms with Crippen LogP contribution in [0.4, 0.5) is 0 Å². The third-order valence-electron chi connectivity index (χ3n) is 8.75. The summed E-state index contributed by atoms with van der Waals surface area (Å²) in [4.78, 5) is 5.16. The van der Waals surface area contributed by atoms with Gasteiger partial charge < -0.3 is 0 Å². The van der Waals surface area contributed by atoms with Gasteiger partial charge >= 0.3 is 0 Å². The Morgan fingerprint density at radius 1 is 0.698 bits per heavy atom. The van der Waals surface area contributed by atoms with Crippen LogP contribution in [0.5, 0.6) is 0 Å². The van der Waals surface area contributed by atoms with Gasteiger partial charge in [0.25, 0.3) is 0 Å². The van der Waals surface area contributed by atoms with Crippen molar-refractivity contribution in [1.82, 2.24) is 9.38 Å². The van der Waals surface area contributed by atoms with E-state index in [2.05, 4.69) is 133 Å². The summed E-state index contributed by atoms with van der Waals surface area (Å²) in [5.41, 5.74) is 11.6. The highest BCUT2D eigenvalue weighted by atomic mass is 15.0. The van der Waals surface area contributed by atoms with E-state index in [9.17, 15) is 0 Å². The van der Waals surface area contributed by atoms with E-state index < -0.39 is 0 Å². The van der Waals surface area contributed by atoms with Crippen LogP contribution in [-0.2, 0) is 6.42 Å². The van der Waals surface area contributed by atoms with Crippen molar-refractivity contribution in [2.75, 3.05) is 0 Å². The van der Waals surface area contributed by atoms with E-state index in [1.54, 1.807) is 0 Å². The van der Waals surface area contributed by atoms with Crippen molar-refractivity contribution in [3.05, 3.63) is 158 Å². The van der Waals surface area contributed by atoms with Crippen LogP contribution in [0.25, 0.3) is 72.0 Å². The third kappa shape index (κ3) is 4.14. The number of nitrogens with zero attached hydrogens (tertiary/aromatic N) is 2. The van der Waals surface area contributed by atoms with Crippen LogP contribution < -0.4 is 0 Å². The van der Waals surface area contributed by atoms with Crippen molar-refractivity contribution >= 4 is 49.7 Å². The van der Waals surface area contributed by atoms with Crippen LogP contribution in [0.15, 0.2) is 141 Å². The highest BCUT2D eigenvalue weighted by Gasteiger charge is 2.19. The van der Waals surface area contributed by atoms with Crippen molar-refractivity contribution in [2.24, 2.45) is 0 Å². The second-order valence-corrected chi connectivity index (χ2v) is 11.2. The summed E-state index contributed by atoms with van der Waals surface area (Å²) in [5, 5.41) is 6.08. The molecule has 0 saturated carbocycles. The largest absolute Gasteiger partial charge is 0.292 e. The Kier molecular flexibility index (Phi) is 5.94. The molecule has 7 aromatic rings. The Hall–Kier alpha value is -5.47. The first kappa shape index (κ1) is 25.3. The van der Waals surface area contributed by atoms with E-state index in [-0.39, 0.29) is 0 Å². The standard InChI is InChI=1S/C41H30N2/c1-3-9-27(4-2)33-20-22-35-36(25-33)37-26-34(21-23-39(37)43-40-13-8-7-12-38(40)42-41(35)43)30-16-14-29(15-17-30)32-19-18-28-10-5-6-11-31(28)24-32/h3-6,8-11,13-26H,1-2,7,12H2/b27-9+. The molecule has 0 unspecified atom stereocenters. The number of benzene rings is 5. The molecule has 0 atom stereocenters. The summed E-state index contributed by atoms with van der Waals surface area (Å²) in [7, 11) is 0. The first-order valence-corrected chi connectivity index (χ1v) is 14.8. The number of aromatic nitrogens is 2. The maximum absolute atomic E-state index is 5.16. The number of aryl methyl sites for hydroxylation is 1. The molecule has 0 radical (unpaired) electrons. The minimum atomic E-state index is 0.971. The summed E-state index contributed by atoms with van der Waals surface area (Å²) in [5.74, 6) is 0. The highest BCUT2D eigenvalue weighted by molar-refractivity contribution is 6.14. The number of pyridine rings is 1. The Balaban J connectivity index is 1.31. The van der Waals surface area contributed by atoms with Gasteiger partial charge in [0.15, 0.2) is 0 Å². The molecule has 43 heavy (non-hydrogen) atoms. The lowest BCUT2D eigenvalue weighted by Crippen LogP contribution is -1.97. The van der Waals surface area contributed by atoms with Crippen LogP contribution in [0.2, 0.25) is 0 Å². The number of fused-ring (bicyclic) bond motifs is 9.